The van der Waals surface area contributed by atoms with E-state index >= 15 is 0 Å². The Balaban J connectivity index is 2.53. The van der Waals surface area contributed by atoms with E-state index in [0.717, 1.165) is 5.48 Å². The van der Waals surface area contributed by atoms with Crippen LogP contribution in [-0.2, 0) is 4.74 Å². The molecule has 0 saturated heterocycles. The Morgan fingerprint density at radius 2 is 1.95 bits per heavy atom. The Kier molecular flexibility index (Phi) is 4.85. The van der Waals surface area contributed by atoms with Gasteiger partial charge >= 0.3 is 6.09 Å². The van der Waals surface area contributed by atoms with E-state index < -0.39 is 17.6 Å². The van der Waals surface area contributed by atoms with Crippen molar-refractivity contribution in [2.45, 2.75) is 26.4 Å². The number of ether oxygens (including phenoxy) is 1. The summed E-state index contributed by atoms with van der Waals surface area (Å²) in [4.78, 5) is 23.0. The summed E-state index contributed by atoms with van der Waals surface area (Å²) in [5.74, 6) is -0.505. The highest BCUT2D eigenvalue weighted by molar-refractivity contribution is 5.95. The molecule has 0 aromatic heterocycles. The number of carbonyl (C=O) groups is 2. The van der Waals surface area contributed by atoms with E-state index in [9.17, 15) is 9.59 Å². The lowest BCUT2D eigenvalue weighted by Crippen LogP contribution is -2.73. The van der Waals surface area contributed by atoms with Gasteiger partial charge in [0.2, 0.25) is 0 Å². The van der Waals surface area contributed by atoms with Crippen molar-refractivity contribution in [3.05, 3.63) is 29.8 Å². The predicted octanol–water partition coefficient (Wildman–Crippen LogP) is 0.440. The standard InChI is InChI=1S/C12H17N3O4/c1-12(2,3)19-11(17)14-13-10(16)8-5-4-6-9(7-8)15-18/h4-7,15,18H,1-3H3,(H,13,16)(H,14,17)/p+1. The fraction of sp³-hybridized carbons (Fsp3) is 0.333. The van der Waals surface area contributed by atoms with Gasteiger partial charge in [-0.25, -0.2) is 15.4 Å². The summed E-state index contributed by atoms with van der Waals surface area (Å²) in [6.45, 7) is 5.15. The molecule has 0 saturated carbocycles. The number of hydrazine groups is 1. The van der Waals surface area contributed by atoms with Gasteiger partial charge in [-0.1, -0.05) is 6.07 Å². The Bertz CT molecular complexity index is 468. The van der Waals surface area contributed by atoms with Gasteiger partial charge in [0.25, 0.3) is 5.91 Å². The monoisotopic (exact) mass is 268 g/mol. The molecule has 2 amide bonds. The number of benzene rings is 1. The van der Waals surface area contributed by atoms with Gasteiger partial charge in [0.1, 0.15) is 5.60 Å². The second-order valence-electron chi connectivity index (χ2n) is 4.84. The molecular weight excluding hydrogens is 250 g/mol. The third kappa shape index (κ3) is 5.36. The number of hydrogen-bond donors (Lipinski definition) is 4. The maximum absolute atomic E-state index is 11.7. The number of rotatable bonds is 2. The molecule has 5 N–H and O–H groups in total. The van der Waals surface area contributed by atoms with Gasteiger partial charge in [0.05, 0.1) is 0 Å². The van der Waals surface area contributed by atoms with Crippen molar-refractivity contribution in [2.75, 3.05) is 0 Å². The summed E-state index contributed by atoms with van der Waals surface area (Å²) >= 11 is 0. The molecule has 19 heavy (non-hydrogen) atoms. The van der Waals surface area contributed by atoms with Crippen molar-refractivity contribution >= 4 is 17.7 Å². The molecule has 0 radical (unpaired) electrons. The molecule has 0 unspecified atom stereocenters. The van der Waals surface area contributed by atoms with Gasteiger partial charge < -0.3 is 4.74 Å². The third-order valence-electron chi connectivity index (χ3n) is 1.97. The molecular formula is C12H18N3O4+. The van der Waals surface area contributed by atoms with Crippen molar-refractivity contribution in [1.82, 2.24) is 10.9 Å². The topological polar surface area (TPSA) is 104 Å². The van der Waals surface area contributed by atoms with Crippen LogP contribution in [0.3, 0.4) is 0 Å². The first-order valence-electron chi connectivity index (χ1n) is 5.68. The largest absolute Gasteiger partial charge is 0.443 e. The highest BCUT2D eigenvalue weighted by atomic mass is 16.6. The summed E-state index contributed by atoms with van der Waals surface area (Å²) in [6, 6.07) is 6.29. The molecule has 7 nitrogen and oxygen atoms in total. The molecule has 0 spiro atoms. The lowest BCUT2D eigenvalue weighted by atomic mass is 10.2. The zero-order chi connectivity index (χ0) is 14.5. The zero-order valence-electron chi connectivity index (χ0n) is 11.1. The highest BCUT2D eigenvalue weighted by Gasteiger charge is 2.16. The molecule has 7 heteroatoms. The minimum atomic E-state index is -0.745. The fourth-order valence-electron chi connectivity index (χ4n) is 1.24. The van der Waals surface area contributed by atoms with Gasteiger partial charge in [0, 0.05) is 17.7 Å². The van der Waals surface area contributed by atoms with Crippen molar-refractivity contribution in [3.63, 3.8) is 0 Å². The number of carbonyl (C=O) groups excluding carboxylic acids is 2. The number of amides is 2. The summed E-state index contributed by atoms with van der Waals surface area (Å²) in [5.41, 5.74) is 5.40. The maximum atomic E-state index is 11.7. The van der Waals surface area contributed by atoms with Crippen LogP contribution in [0.25, 0.3) is 0 Å². The Hall–Kier alpha value is -2.12. The Morgan fingerprint density at radius 3 is 2.53 bits per heavy atom. The quantitative estimate of drug-likeness (QED) is 0.461. The molecule has 0 aliphatic carbocycles. The van der Waals surface area contributed by atoms with Gasteiger partial charge in [-0.3, -0.25) is 10.2 Å². The molecule has 1 aromatic rings. The summed E-state index contributed by atoms with van der Waals surface area (Å²) in [5, 5.41) is 8.84. The first-order chi connectivity index (χ1) is 8.81. The number of quaternary nitrogens is 1. The molecule has 104 valence electrons. The Labute approximate surface area is 110 Å². The molecule has 0 bridgehead atoms. The fourth-order valence-corrected chi connectivity index (χ4v) is 1.24. The van der Waals surface area contributed by atoms with Crippen LogP contribution in [0.1, 0.15) is 31.1 Å². The third-order valence-corrected chi connectivity index (χ3v) is 1.97. The smallest absolute Gasteiger partial charge is 0.426 e. The average molecular weight is 268 g/mol. The molecule has 0 heterocycles. The van der Waals surface area contributed by atoms with Crippen molar-refractivity contribution in [1.29, 1.82) is 0 Å². The van der Waals surface area contributed by atoms with Crippen LogP contribution in [-0.4, -0.2) is 22.8 Å². The highest BCUT2D eigenvalue weighted by Crippen LogP contribution is 2.06. The second-order valence-corrected chi connectivity index (χ2v) is 4.84. The van der Waals surface area contributed by atoms with Crippen LogP contribution >= 0.6 is 0 Å². The van der Waals surface area contributed by atoms with E-state index in [1.54, 1.807) is 39.0 Å². The summed E-state index contributed by atoms with van der Waals surface area (Å²) in [6.07, 6.45) is -0.745. The predicted molar refractivity (Wildman–Crippen MR) is 66.6 cm³/mol. The zero-order valence-corrected chi connectivity index (χ0v) is 11.1. The first kappa shape index (κ1) is 14.9. The van der Waals surface area contributed by atoms with Crippen LogP contribution in [0.2, 0.25) is 0 Å². The van der Waals surface area contributed by atoms with Crippen LogP contribution in [0.4, 0.5) is 10.5 Å². The minimum Gasteiger partial charge on any atom is -0.443 e. The normalized spacial score (nSPS) is 10.7. The number of nitrogens with one attached hydrogen (secondary N) is 2. The van der Waals surface area contributed by atoms with Crippen molar-refractivity contribution in [2.24, 2.45) is 0 Å². The van der Waals surface area contributed by atoms with E-state index in [1.165, 1.54) is 6.07 Å². The van der Waals surface area contributed by atoms with Gasteiger partial charge in [-0.2, -0.15) is 5.48 Å². The average Bonchev–Trinajstić information content (AvgIpc) is 2.34. The summed E-state index contributed by atoms with van der Waals surface area (Å²) in [7, 11) is 0. The van der Waals surface area contributed by atoms with Gasteiger partial charge in [-0.15, -0.1) is 0 Å². The van der Waals surface area contributed by atoms with Gasteiger partial charge in [-0.05, 0) is 26.8 Å². The number of hydrogen-bond acceptors (Lipinski definition) is 4. The van der Waals surface area contributed by atoms with E-state index in [2.05, 4.69) is 10.9 Å². The van der Waals surface area contributed by atoms with Crippen molar-refractivity contribution < 1.29 is 25.0 Å². The lowest BCUT2D eigenvalue weighted by molar-refractivity contribution is -0.825. The minimum absolute atomic E-state index is 0.304. The molecule has 0 aliphatic heterocycles. The second kappa shape index (κ2) is 6.17. The molecule has 0 atom stereocenters. The SMILES string of the molecule is CC(C)(C)OC(=O)NNC(=O)c1cccc([NH2+]O)c1. The van der Waals surface area contributed by atoms with E-state index in [-0.39, 0.29) is 0 Å². The summed E-state index contributed by atoms with van der Waals surface area (Å²) < 4.78 is 4.96. The molecule has 0 aliphatic rings. The lowest BCUT2D eigenvalue weighted by Gasteiger charge is -2.19. The van der Waals surface area contributed by atoms with E-state index in [0.29, 0.717) is 11.3 Å². The Morgan fingerprint density at radius 1 is 1.26 bits per heavy atom. The molecule has 1 aromatic carbocycles. The molecule has 1 rings (SSSR count). The van der Waals surface area contributed by atoms with Crippen LogP contribution < -0.4 is 16.3 Å². The van der Waals surface area contributed by atoms with Crippen LogP contribution in [0, 0.1) is 0 Å². The van der Waals surface area contributed by atoms with Crippen LogP contribution in [0.5, 0.6) is 0 Å². The van der Waals surface area contributed by atoms with E-state index in [1.807, 2.05) is 0 Å². The van der Waals surface area contributed by atoms with Crippen LogP contribution in [0.15, 0.2) is 24.3 Å². The van der Waals surface area contributed by atoms with E-state index in [4.69, 9.17) is 9.94 Å². The maximum Gasteiger partial charge on any atom is 0.426 e. The first-order valence-corrected chi connectivity index (χ1v) is 5.68. The van der Waals surface area contributed by atoms with Crippen molar-refractivity contribution in [3.8, 4) is 0 Å². The number of nitrogens with two attached hydrogens (primary N) is 1. The van der Waals surface area contributed by atoms with Gasteiger partial charge in [0.15, 0.2) is 5.69 Å². The molecule has 0 fully saturated rings.